The number of hydrogen-bond donors (Lipinski definition) is 1. The van der Waals surface area contributed by atoms with Crippen LogP contribution >= 0.6 is 0 Å². The fraction of sp³-hybridized carbons (Fsp3) is 0.429. The molecule has 0 spiro atoms. The quantitative estimate of drug-likeness (QED) is 0.684. The van der Waals surface area contributed by atoms with Crippen molar-refractivity contribution in [3.8, 4) is 17.1 Å². The van der Waals surface area contributed by atoms with E-state index in [1.54, 1.807) is 10.7 Å². The molecule has 0 aromatic carbocycles. The summed E-state index contributed by atoms with van der Waals surface area (Å²) in [5, 5.41) is 7.24. The van der Waals surface area contributed by atoms with E-state index < -0.39 is 0 Å². The van der Waals surface area contributed by atoms with Crippen molar-refractivity contribution in [3.05, 3.63) is 36.9 Å². The molecule has 2 fully saturated rings. The molecule has 5 rings (SSSR count). The van der Waals surface area contributed by atoms with Crippen molar-refractivity contribution in [1.82, 2.24) is 24.9 Å². The molecule has 156 valence electrons. The molecule has 0 aliphatic carbocycles. The highest BCUT2D eigenvalue weighted by atomic mass is 16.5. The number of ether oxygens (including phenoxy) is 2. The van der Waals surface area contributed by atoms with E-state index >= 15 is 0 Å². The highest BCUT2D eigenvalue weighted by Gasteiger charge is 2.28. The lowest BCUT2D eigenvalue weighted by Gasteiger charge is -2.28. The van der Waals surface area contributed by atoms with Crippen molar-refractivity contribution in [2.75, 3.05) is 37.7 Å². The number of nitrogens with one attached hydrogen (secondary N) is 1. The maximum atomic E-state index is 11.6. The first-order valence-electron chi connectivity index (χ1n) is 10.2. The van der Waals surface area contributed by atoms with Gasteiger partial charge in [-0.1, -0.05) is 0 Å². The fourth-order valence-electron chi connectivity index (χ4n) is 3.92. The number of anilines is 1. The van der Waals surface area contributed by atoms with Gasteiger partial charge in [-0.3, -0.25) is 4.79 Å². The second kappa shape index (κ2) is 7.91. The molecule has 2 unspecified atom stereocenters. The third kappa shape index (κ3) is 3.68. The van der Waals surface area contributed by atoms with Gasteiger partial charge < -0.3 is 19.7 Å². The summed E-state index contributed by atoms with van der Waals surface area (Å²) >= 11 is 0. The number of fused-ring (bicyclic) bond motifs is 1. The molecule has 2 atom stereocenters. The van der Waals surface area contributed by atoms with Gasteiger partial charge in [-0.2, -0.15) is 5.10 Å². The van der Waals surface area contributed by atoms with E-state index in [0.29, 0.717) is 24.5 Å². The minimum absolute atomic E-state index is 0.0764. The van der Waals surface area contributed by atoms with Crippen LogP contribution in [0.25, 0.3) is 16.9 Å². The van der Waals surface area contributed by atoms with Crippen LogP contribution in [-0.2, 0) is 9.53 Å². The summed E-state index contributed by atoms with van der Waals surface area (Å²) in [5.74, 6) is 1.54. The predicted octanol–water partition coefficient (Wildman–Crippen LogP) is 1.53. The fourth-order valence-corrected chi connectivity index (χ4v) is 3.92. The highest BCUT2D eigenvalue weighted by Crippen LogP contribution is 2.29. The summed E-state index contributed by atoms with van der Waals surface area (Å²) in [4.78, 5) is 22.9. The Hall–Kier alpha value is -3.20. The predicted molar refractivity (Wildman–Crippen MR) is 110 cm³/mol. The first-order chi connectivity index (χ1) is 14.7. The van der Waals surface area contributed by atoms with Gasteiger partial charge in [0.1, 0.15) is 17.4 Å². The summed E-state index contributed by atoms with van der Waals surface area (Å²) in [6.07, 6.45) is 7.71. The maximum absolute atomic E-state index is 11.6. The topological polar surface area (TPSA) is 93.9 Å². The van der Waals surface area contributed by atoms with E-state index in [0.717, 1.165) is 43.1 Å². The van der Waals surface area contributed by atoms with Crippen LogP contribution in [0, 0.1) is 5.92 Å². The molecule has 30 heavy (non-hydrogen) atoms. The van der Waals surface area contributed by atoms with Crippen molar-refractivity contribution in [2.24, 2.45) is 5.92 Å². The van der Waals surface area contributed by atoms with Gasteiger partial charge in [-0.25, -0.2) is 14.5 Å². The third-order valence-corrected chi connectivity index (χ3v) is 5.73. The van der Waals surface area contributed by atoms with E-state index in [4.69, 9.17) is 9.47 Å². The molecule has 1 amide bonds. The normalized spacial score (nSPS) is 20.4. The van der Waals surface area contributed by atoms with Gasteiger partial charge in [0.15, 0.2) is 5.82 Å². The lowest BCUT2D eigenvalue weighted by atomic mass is 10.0. The summed E-state index contributed by atoms with van der Waals surface area (Å²) in [5.41, 5.74) is 2.68. The molecule has 0 radical (unpaired) electrons. The number of amides is 1. The first kappa shape index (κ1) is 18.8. The van der Waals surface area contributed by atoms with Crippen LogP contribution in [0.2, 0.25) is 0 Å². The number of hydrogen-bond acceptors (Lipinski definition) is 7. The van der Waals surface area contributed by atoms with Crippen molar-refractivity contribution in [2.45, 2.75) is 19.4 Å². The molecule has 2 saturated heterocycles. The molecule has 0 bridgehead atoms. The first-order valence-corrected chi connectivity index (χ1v) is 10.2. The van der Waals surface area contributed by atoms with Crippen LogP contribution in [0.1, 0.15) is 13.3 Å². The third-order valence-electron chi connectivity index (χ3n) is 5.73. The van der Waals surface area contributed by atoms with Gasteiger partial charge >= 0.3 is 0 Å². The molecule has 3 aromatic heterocycles. The van der Waals surface area contributed by atoms with Crippen molar-refractivity contribution < 1.29 is 14.3 Å². The Kier molecular flexibility index (Phi) is 4.96. The van der Waals surface area contributed by atoms with Crippen LogP contribution in [-0.4, -0.2) is 64.4 Å². The largest absolute Gasteiger partial charge is 0.488 e. The molecule has 5 heterocycles. The Morgan fingerprint density at radius 2 is 2.07 bits per heavy atom. The highest BCUT2D eigenvalue weighted by molar-refractivity contribution is 5.78. The van der Waals surface area contributed by atoms with Crippen LogP contribution in [0.5, 0.6) is 5.75 Å². The zero-order valence-electron chi connectivity index (χ0n) is 16.8. The average molecular weight is 408 g/mol. The lowest BCUT2D eigenvalue weighted by molar-refractivity contribution is -0.119. The molecule has 3 aromatic rings. The Labute approximate surface area is 174 Å². The van der Waals surface area contributed by atoms with Gasteiger partial charge in [0.25, 0.3) is 0 Å². The number of pyridine rings is 1. The molecule has 9 heteroatoms. The average Bonchev–Trinajstić information content (AvgIpc) is 3.43. The Morgan fingerprint density at radius 1 is 1.27 bits per heavy atom. The Bertz CT molecular complexity index is 1040. The van der Waals surface area contributed by atoms with Crippen LogP contribution in [0.3, 0.4) is 0 Å². The molecule has 9 nitrogen and oxygen atoms in total. The molecule has 0 saturated carbocycles. The van der Waals surface area contributed by atoms with Gasteiger partial charge in [0, 0.05) is 43.7 Å². The number of aromatic nitrogens is 4. The lowest BCUT2D eigenvalue weighted by Crippen LogP contribution is -2.36. The van der Waals surface area contributed by atoms with Gasteiger partial charge in [-0.05, 0) is 19.1 Å². The SMILES string of the molecule is CC(Oc1cc(-c2ncc(N3CCOCC3)cn2)cn2nccc12)C1CNC(=O)C1. The van der Waals surface area contributed by atoms with Crippen molar-refractivity contribution >= 4 is 17.1 Å². The van der Waals surface area contributed by atoms with Crippen LogP contribution in [0.15, 0.2) is 36.9 Å². The van der Waals surface area contributed by atoms with E-state index in [-0.39, 0.29) is 17.9 Å². The molecular weight excluding hydrogens is 384 g/mol. The molecule has 2 aliphatic heterocycles. The number of carbonyl (C=O) groups excluding carboxylic acids is 1. The minimum atomic E-state index is -0.109. The zero-order valence-corrected chi connectivity index (χ0v) is 16.8. The number of morpholine rings is 1. The van der Waals surface area contributed by atoms with Crippen LogP contribution in [0.4, 0.5) is 5.69 Å². The van der Waals surface area contributed by atoms with E-state index in [1.807, 2.05) is 37.6 Å². The monoisotopic (exact) mass is 408 g/mol. The van der Waals surface area contributed by atoms with Gasteiger partial charge in [-0.15, -0.1) is 0 Å². The summed E-state index contributed by atoms with van der Waals surface area (Å²) in [7, 11) is 0. The molecule has 2 aliphatic rings. The smallest absolute Gasteiger partial charge is 0.220 e. The Balaban J connectivity index is 1.41. The zero-order chi connectivity index (χ0) is 20.5. The molecule has 1 N–H and O–H groups in total. The summed E-state index contributed by atoms with van der Waals surface area (Å²) < 4.78 is 13.4. The number of rotatable bonds is 5. The number of nitrogens with zero attached hydrogens (tertiary/aromatic N) is 5. The van der Waals surface area contributed by atoms with Gasteiger partial charge in [0.05, 0.1) is 37.5 Å². The molecular formula is C21H24N6O3. The standard InChI is InChI=1S/C21H24N6O3/c1-14(15-9-20(28)22-10-15)30-19-8-16(13-27-18(19)2-3-25-27)21-23-11-17(12-24-21)26-4-6-29-7-5-26/h2-3,8,11-15H,4-7,9-10H2,1H3,(H,22,28). The second-order valence-corrected chi connectivity index (χ2v) is 7.71. The maximum Gasteiger partial charge on any atom is 0.220 e. The second-order valence-electron chi connectivity index (χ2n) is 7.71. The number of carbonyl (C=O) groups is 1. The Morgan fingerprint density at radius 3 is 2.80 bits per heavy atom. The van der Waals surface area contributed by atoms with Crippen LogP contribution < -0.4 is 15.0 Å². The minimum Gasteiger partial charge on any atom is -0.488 e. The van der Waals surface area contributed by atoms with E-state index in [9.17, 15) is 4.79 Å². The van der Waals surface area contributed by atoms with Crippen molar-refractivity contribution in [3.63, 3.8) is 0 Å². The van der Waals surface area contributed by atoms with E-state index in [2.05, 4.69) is 25.3 Å². The van der Waals surface area contributed by atoms with Gasteiger partial charge in [0.2, 0.25) is 5.91 Å². The summed E-state index contributed by atoms with van der Waals surface area (Å²) in [6, 6.07) is 3.85. The van der Waals surface area contributed by atoms with Crippen molar-refractivity contribution in [1.29, 1.82) is 0 Å². The van der Waals surface area contributed by atoms with E-state index in [1.165, 1.54) is 0 Å². The summed E-state index contributed by atoms with van der Waals surface area (Å²) in [6.45, 7) is 5.77.